The Balaban J connectivity index is 1.84. The van der Waals surface area contributed by atoms with Crippen LogP contribution < -0.4 is 10.6 Å². The summed E-state index contributed by atoms with van der Waals surface area (Å²) in [5, 5.41) is 16.2. The van der Waals surface area contributed by atoms with Gasteiger partial charge in [-0.15, -0.1) is 11.3 Å². The van der Waals surface area contributed by atoms with E-state index >= 15 is 0 Å². The number of halogens is 3. The van der Waals surface area contributed by atoms with Gasteiger partial charge in [0, 0.05) is 4.88 Å². The third-order valence-electron chi connectivity index (χ3n) is 6.22. The number of amides is 1. The van der Waals surface area contributed by atoms with Gasteiger partial charge in [-0.25, -0.2) is 0 Å². The number of thiophene rings is 1. The first-order valence-corrected chi connectivity index (χ1v) is 10.7. The molecule has 0 unspecified atom stereocenters. The highest BCUT2D eigenvalue weighted by Gasteiger charge is 2.49. The molecular formula is C20H26F3N3OS. The van der Waals surface area contributed by atoms with E-state index < -0.39 is 29.7 Å². The molecule has 1 aromatic rings. The van der Waals surface area contributed by atoms with Crippen LogP contribution in [0, 0.1) is 16.7 Å². The number of hydrogen-bond acceptors (Lipinski definition) is 4. The normalized spacial score (nSPS) is 22.2. The molecule has 8 heteroatoms. The lowest BCUT2D eigenvalue weighted by molar-refractivity contribution is -0.161. The number of nitrogens with one attached hydrogen (secondary N) is 2. The molecule has 0 spiro atoms. The number of alkyl halides is 3. The third-order valence-corrected chi connectivity index (χ3v) is 7.15. The molecule has 0 bridgehead atoms. The minimum Gasteiger partial charge on any atom is -0.336 e. The third kappa shape index (κ3) is 4.69. The monoisotopic (exact) mass is 413 g/mol. The van der Waals surface area contributed by atoms with Crippen molar-refractivity contribution in [3.63, 3.8) is 0 Å². The molecule has 4 nitrogen and oxygen atoms in total. The van der Waals surface area contributed by atoms with Crippen molar-refractivity contribution < 1.29 is 18.0 Å². The summed E-state index contributed by atoms with van der Waals surface area (Å²) in [5.74, 6) is -0.496. The van der Waals surface area contributed by atoms with Gasteiger partial charge in [0.15, 0.2) is 0 Å². The molecule has 0 radical (unpaired) electrons. The summed E-state index contributed by atoms with van der Waals surface area (Å²) in [5.41, 5.74) is -1.02. The van der Waals surface area contributed by atoms with Gasteiger partial charge < -0.3 is 5.32 Å². The SMILES string of the molecule is CCC1(C[C@H](N[C@H](c2cccs2)C(F)(F)F)C(=O)NC2(C#N)CC2)CCCC1. The highest BCUT2D eigenvalue weighted by atomic mass is 32.1. The maximum Gasteiger partial charge on any atom is 0.408 e. The van der Waals surface area contributed by atoms with Crippen molar-refractivity contribution in [2.45, 2.75) is 82.1 Å². The fraction of sp³-hybridized carbons (Fsp3) is 0.700. The van der Waals surface area contributed by atoms with Crippen molar-refractivity contribution in [3.8, 4) is 6.07 Å². The Morgan fingerprint density at radius 3 is 2.46 bits per heavy atom. The van der Waals surface area contributed by atoms with Crippen LogP contribution in [-0.2, 0) is 4.79 Å². The second kappa shape index (κ2) is 8.03. The van der Waals surface area contributed by atoms with Crippen molar-refractivity contribution in [2.24, 2.45) is 5.41 Å². The topological polar surface area (TPSA) is 64.9 Å². The first-order chi connectivity index (χ1) is 13.2. The van der Waals surface area contributed by atoms with E-state index in [1.807, 2.05) is 6.92 Å². The smallest absolute Gasteiger partial charge is 0.336 e. The van der Waals surface area contributed by atoms with Crippen LogP contribution in [0.25, 0.3) is 0 Å². The number of carbonyl (C=O) groups excluding carboxylic acids is 1. The van der Waals surface area contributed by atoms with Crippen LogP contribution >= 0.6 is 11.3 Å². The number of hydrogen-bond donors (Lipinski definition) is 2. The predicted molar refractivity (Wildman–Crippen MR) is 102 cm³/mol. The lowest BCUT2D eigenvalue weighted by atomic mass is 9.77. The van der Waals surface area contributed by atoms with Gasteiger partial charge >= 0.3 is 6.18 Å². The molecule has 1 aromatic heterocycles. The van der Waals surface area contributed by atoms with Gasteiger partial charge in [-0.3, -0.25) is 10.1 Å². The van der Waals surface area contributed by atoms with E-state index in [-0.39, 0.29) is 10.3 Å². The van der Waals surface area contributed by atoms with Crippen LogP contribution in [0.4, 0.5) is 13.2 Å². The van der Waals surface area contributed by atoms with Gasteiger partial charge in [-0.2, -0.15) is 18.4 Å². The molecule has 0 saturated heterocycles. The summed E-state index contributed by atoms with van der Waals surface area (Å²) in [4.78, 5) is 13.1. The molecule has 154 valence electrons. The average molecular weight is 414 g/mol. The first-order valence-electron chi connectivity index (χ1n) is 9.82. The fourth-order valence-electron chi connectivity index (χ4n) is 4.19. The molecule has 2 fully saturated rings. The van der Waals surface area contributed by atoms with Crippen LogP contribution in [0.1, 0.15) is 69.2 Å². The van der Waals surface area contributed by atoms with Crippen LogP contribution in [-0.4, -0.2) is 23.7 Å². The molecule has 1 heterocycles. The largest absolute Gasteiger partial charge is 0.408 e. The highest BCUT2D eigenvalue weighted by molar-refractivity contribution is 7.10. The van der Waals surface area contributed by atoms with Crippen LogP contribution in [0.5, 0.6) is 0 Å². The van der Waals surface area contributed by atoms with E-state index in [0.29, 0.717) is 19.3 Å². The molecule has 0 aliphatic heterocycles. The summed E-state index contributed by atoms with van der Waals surface area (Å²) in [7, 11) is 0. The van der Waals surface area contributed by atoms with Crippen molar-refractivity contribution in [3.05, 3.63) is 22.4 Å². The Morgan fingerprint density at radius 1 is 1.32 bits per heavy atom. The minimum atomic E-state index is -4.51. The van der Waals surface area contributed by atoms with Crippen molar-refractivity contribution in [1.82, 2.24) is 10.6 Å². The van der Waals surface area contributed by atoms with E-state index in [1.54, 1.807) is 11.4 Å². The van der Waals surface area contributed by atoms with Crippen LogP contribution in [0.15, 0.2) is 17.5 Å². The lowest BCUT2D eigenvalue weighted by Crippen LogP contribution is -2.53. The van der Waals surface area contributed by atoms with Crippen LogP contribution in [0.2, 0.25) is 0 Å². The Bertz CT molecular complexity index is 716. The summed E-state index contributed by atoms with van der Waals surface area (Å²) < 4.78 is 41.3. The second-order valence-electron chi connectivity index (χ2n) is 8.16. The number of nitrogens with zero attached hydrogens (tertiary/aromatic N) is 1. The maximum atomic E-state index is 13.8. The standard InChI is InChI=1S/C20H26F3N3OS/c1-2-18(7-3-4-8-18)12-14(17(27)26-19(13-24)9-10-19)25-16(20(21,22)23)15-6-5-11-28-15/h5-6,11,14,16,25H,2-4,7-10,12H2,1H3,(H,26,27)/t14-,16+/m0/s1. The predicted octanol–water partition coefficient (Wildman–Crippen LogP) is 4.84. The maximum absolute atomic E-state index is 13.8. The van der Waals surface area contributed by atoms with Gasteiger partial charge in [0.1, 0.15) is 11.6 Å². The molecule has 2 saturated carbocycles. The summed E-state index contributed by atoms with van der Waals surface area (Å²) in [6.07, 6.45) is 1.71. The summed E-state index contributed by atoms with van der Waals surface area (Å²) in [6, 6.07) is 2.22. The van der Waals surface area contributed by atoms with E-state index in [0.717, 1.165) is 43.4 Å². The molecule has 2 N–H and O–H groups in total. The number of carbonyl (C=O) groups is 1. The second-order valence-corrected chi connectivity index (χ2v) is 9.14. The van der Waals surface area contributed by atoms with Crippen molar-refractivity contribution in [2.75, 3.05) is 0 Å². The molecule has 0 aromatic carbocycles. The van der Waals surface area contributed by atoms with Gasteiger partial charge in [-0.05, 0) is 49.0 Å². The molecule has 2 atom stereocenters. The summed E-state index contributed by atoms with van der Waals surface area (Å²) in [6.45, 7) is 2.04. The van der Waals surface area contributed by atoms with Crippen molar-refractivity contribution >= 4 is 17.2 Å². The molecule has 2 aliphatic rings. The summed E-state index contributed by atoms with van der Waals surface area (Å²) >= 11 is 1.02. The fourth-order valence-corrected chi connectivity index (χ4v) is 5.00. The van der Waals surface area contributed by atoms with Gasteiger partial charge in [0.25, 0.3) is 0 Å². The van der Waals surface area contributed by atoms with Gasteiger partial charge in [0.2, 0.25) is 5.91 Å². The molecule has 3 rings (SSSR count). The van der Waals surface area contributed by atoms with E-state index in [2.05, 4.69) is 16.7 Å². The highest BCUT2D eigenvalue weighted by Crippen LogP contribution is 2.46. The zero-order chi connectivity index (χ0) is 20.4. The Morgan fingerprint density at radius 2 is 2.00 bits per heavy atom. The zero-order valence-electron chi connectivity index (χ0n) is 15.9. The van der Waals surface area contributed by atoms with Gasteiger partial charge in [-0.1, -0.05) is 32.3 Å². The van der Waals surface area contributed by atoms with E-state index in [1.165, 1.54) is 6.07 Å². The Kier molecular flexibility index (Phi) is 6.06. The molecular weight excluding hydrogens is 387 g/mol. The van der Waals surface area contributed by atoms with E-state index in [4.69, 9.17) is 0 Å². The lowest BCUT2D eigenvalue weighted by Gasteiger charge is -2.34. The quantitative estimate of drug-likeness (QED) is 0.641. The van der Waals surface area contributed by atoms with E-state index in [9.17, 15) is 23.2 Å². The van der Waals surface area contributed by atoms with Crippen LogP contribution in [0.3, 0.4) is 0 Å². The molecule has 2 aliphatic carbocycles. The molecule has 28 heavy (non-hydrogen) atoms. The first kappa shape index (κ1) is 21.1. The van der Waals surface area contributed by atoms with Crippen molar-refractivity contribution in [1.29, 1.82) is 5.26 Å². The number of rotatable bonds is 8. The van der Waals surface area contributed by atoms with Gasteiger partial charge in [0.05, 0.1) is 12.1 Å². The zero-order valence-corrected chi connectivity index (χ0v) is 16.8. The Hall–Kier alpha value is -1.59. The Labute approximate surface area is 167 Å². The minimum absolute atomic E-state index is 0.121. The molecule has 1 amide bonds. The average Bonchev–Trinajstić information content (AvgIpc) is 3.04. The number of nitriles is 1.